The second-order valence-corrected chi connectivity index (χ2v) is 6.39. The van der Waals surface area contributed by atoms with Crippen molar-refractivity contribution in [2.45, 2.75) is 0 Å². The van der Waals surface area contributed by atoms with Gasteiger partial charge in [-0.05, 0) is 17.7 Å². The number of benzene rings is 1. The lowest BCUT2D eigenvalue weighted by Crippen LogP contribution is -2.40. The third kappa shape index (κ3) is 5.40. The minimum atomic E-state index is -0.0527. The SMILES string of the molecule is CN(C)c1ccc(/C=N\NC(=O)CN2CCSCC2)cc1. The second kappa shape index (κ2) is 8.05. The van der Waals surface area contributed by atoms with Crippen molar-refractivity contribution in [2.75, 3.05) is 50.1 Å². The van der Waals surface area contributed by atoms with Crippen molar-refractivity contribution in [3.05, 3.63) is 29.8 Å². The standard InChI is InChI=1S/C15H22N4OS/c1-18(2)14-5-3-13(4-6-14)11-16-17-15(20)12-19-7-9-21-10-8-19/h3-6,11H,7-10,12H2,1-2H3,(H,17,20)/b16-11-. The summed E-state index contributed by atoms with van der Waals surface area (Å²) in [7, 11) is 4.00. The lowest BCUT2D eigenvalue weighted by atomic mass is 10.2. The maximum absolute atomic E-state index is 11.8. The average molecular weight is 306 g/mol. The van der Waals surface area contributed by atoms with Crippen LogP contribution in [0.3, 0.4) is 0 Å². The summed E-state index contributed by atoms with van der Waals surface area (Å²) in [5.41, 5.74) is 4.69. The zero-order chi connectivity index (χ0) is 15.1. The van der Waals surface area contributed by atoms with E-state index in [0.29, 0.717) is 6.54 Å². The normalized spacial score (nSPS) is 16.1. The van der Waals surface area contributed by atoms with Gasteiger partial charge < -0.3 is 4.90 Å². The van der Waals surface area contributed by atoms with Crippen LogP contribution < -0.4 is 10.3 Å². The van der Waals surface area contributed by atoms with Crippen LogP contribution in [0.25, 0.3) is 0 Å². The summed E-state index contributed by atoms with van der Waals surface area (Å²) in [6.07, 6.45) is 1.67. The zero-order valence-corrected chi connectivity index (χ0v) is 13.4. The first-order valence-electron chi connectivity index (χ1n) is 7.04. The molecule has 1 aliphatic heterocycles. The fourth-order valence-electron chi connectivity index (χ4n) is 2.04. The van der Waals surface area contributed by atoms with E-state index in [1.807, 2.05) is 55.0 Å². The van der Waals surface area contributed by atoms with Crippen molar-refractivity contribution in [3.8, 4) is 0 Å². The number of nitrogens with zero attached hydrogens (tertiary/aromatic N) is 3. The average Bonchev–Trinajstić information content (AvgIpc) is 2.49. The Morgan fingerprint density at radius 2 is 2.00 bits per heavy atom. The maximum atomic E-state index is 11.8. The molecule has 0 atom stereocenters. The molecular formula is C15H22N4OS. The number of rotatable bonds is 5. The monoisotopic (exact) mass is 306 g/mol. The highest BCUT2D eigenvalue weighted by Crippen LogP contribution is 2.11. The Labute approximate surface area is 130 Å². The molecule has 0 saturated carbocycles. The molecule has 0 bridgehead atoms. The number of thioether (sulfide) groups is 1. The van der Waals surface area contributed by atoms with Gasteiger partial charge in [-0.2, -0.15) is 16.9 Å². The van der Waals surface area contributed by atoms with Gasteiger partial charge in [-0.25, -0.2) is 5.43 Å². The first-order valence-corrected chi connectivity index (χ1v) is 8.20. The van der Waals surface area contributed by atoms with Gasteiger partial charge in [0.05, 0.1) is 12.8 Å². The number of nitrogens with one attached hydrogen (secondary N) is 1. The Morgan fingerprint density at radius 1 is 1.33 bits per heavy atom. The van der Waals surface area contributed by atoms with E-state index in [2.05, 4.69) is 15.4 Å². The lowest BCUT2D eigenvalue weighted by Gasteiger charge is -2.24. The van der Waals surface area contributed by atoms with Gasteiger partial charge in [-0.1, -0.05) is 12.1 Å². The van der Waals surface area contributed by atoms with E-state index >= 15 is 0 Å². The van der Waals surface area contributed by atoms with Gasteiger partial charge in [0.25, 0.3) is 5.91 Å². The van der Waals surface area contributed by atoms with Gasteiger partial charge in [-0.3, -0.25) is 9.69 Å². The van der Waals surface area contributed by atoms with Crippen LogP contribution >= 0.6 is 11.8 Å². The van der Waals surface area contributed by atoms with Crippen LogP contribution in [0.5, 0.6) is 0 Å². The molecule has 6 heteroatoms. The van der Waals surface area contributed by atoms with Gasteiger partial charge in [-0.15, -0.1) is 0 Å². The molecule has 2 rings (SSSR count). The molecule has 0 spiro atoms. The van der Waals surface area contributed by atoms with Crippen LogP contribution in [0, 0.1) is 0 Å². The van der Waals surface area contributed by atoms with E-state index in [4.69, 9.17) is 0 Å². The topological polar surface area (TPSA) is 47.9 Å². The first kappa shape index (κ1) is 15.9. The molecule has 1 amide bonds. The minimum Gasteiger partial charge on any atom is -0.378 e. The Balaban J connectivity index is 1.77. The molecule has 0 unspecified atom stereocenters. The smallest absolute Gasteiger partial charge is 0.254 e. The van der Waals surface area contributed by atoms with Gasteiger partial charge in [0.1, 0.15) is 0 Å². The lowest BCUT2D eigenvalue weighted by molar-refractivity contribution is -0.122. The molecule has 1 aliphatic rings. The van der Waals surface area contributed by atoms with E-state index in [0.717, 1.165) is 35.8 Å². The van der Waals surface area contributed by atoms with E-state index in [1.54, 1.807) is 6.21 Å². The van der Waals surface area contributed by atoms with Gasteiger partial charge in [0, 0.05) is 44.4 Å². The molecule has 1 saturated heterocycles. The summed E-state index contributed by atoms with van der Waals surface area (Å²) in [5.74, 6) is 2.16. The van der Waals surface area contributed by atoms with Crippen LogP contribution in [0.4, 0.5) is 5.69 Å². The number of carbonyl (C=O) groups is 1. The largest absolute Gasteiger partial charge is 0.378 e. The Morgan fingerprint density at radius 3 is 2.62 bits per heavy atom. The number of anilines is 1. The van der Waals surface area contributed by atoms with Gasteiger partial charge >= 0.3 is 0 Å². The van der Waals surface area contributed by atoms with E-state index < -0.39 is 0 Å². The number of carbonyl (C=O) groups excluding carboxylic acids is 1. The summed E-state index contributed by atoms with van der Waals surface area (Å²) in [5, 5.41) is 4.01. The molecule has 1 fully saturated rings. The fourth-order valence-corrected chi connectivity index (χ4v) is 3.01. The molecule has 0 aliphatic carbocycles. The fraction of sp³-hybridized carbons (Fsp3) is 0.467. The highest BCUT2D eigenvalue weighted by Gasteiger charge is 2.13. The minimum absolute atomic E-state index is 0.0527. The highest BCUT2D eigenvalue weighted by atomic mass is 32.2. The maximum Gasteiger partial charge on any atom is 0.254 e. The third-order valence-electron chi connectivity index (χ3n) is 3.28. The molecule has 1 heterocycles. The third-order valence-corrected chi connectivity index (χ3v) is 4.23. The van der Waals surface area contributed by atoms with E-state index in [9.17, 15) is 4.79 Å². The van der Waals surface area contributed by atoms with E-state index in [-0.39, 0.29) is 5.91 Å². The van der Waals surface area contributed by atoms with Crippen molar-refractivity contribution >= 4 is 29.6 Å². The second-order valence-electron chi connectivity index (χ2n) is 5.17. The van der Waals surface area contributed by atoms with Crippen LogP contribution in [0.1, 0.15) is 5.56 Å². The molecule has 114 valence electrons. The Hall–Kier alpha value is -1.53. The molecule has 5 nitrogen and oxygen atoms in total. The Bertz CT molecular complexity index is 481. The highest BCUT2D eigenvalue weighted by molar-refractivity contribution is 7.99. The summed E-state index contributed by atoms with van der Waals surface area (Å²) in [4.78, 5) is 16.0. The number of amides is 1. The summed E-state index contributed by atoms with van der Waals surface area (Å²) < 4.78 is 0. The number of hydrogen-bond donors (Lipinski definition) is 1. The van der Waals surface area contributed by atoms with Crippen molar-refractivity contribution < 1.29 is 4.79 Å². The Kier molecular flexibility index (Phi) is 6.07. The first-order chi connectivity index (χ1) is 10.1. The van der Waals surface area contributed by atoms with Gasteiger partial charge in [0.2, 0.25) is 0 Å². The molecule has 0 radical (unpaired) electrons. The van der Waals surface area contributed by atoms with Crippen molar-refractivity contribution in [1.29, 1.82) is 0 Å². The zero-order valence-electron chi connectivity index (χ0n) is 12.6. The molecule has 1 N–H and O–H groups in total. The predicted molar refractivity (Wildman–Crippen MR) is 90.3 cm³/mol. The number of hydrazone groups is 1. The van der Waals surface area contributed by atoms with Crippen molar-refractivity contribution in [2.24, 2.45) is 5.10 Å². The summed E-state index contributed by atoms with van der Waals surface area (Å²) in [6, 6.07) is 8.00. The molecule has 1 aromatic rings. The van der Waals surface area contributed by atoms with Crippen molar-refractivity contribution in [1.82, 2.24) is 10.3 Å². The van der Waals surface area contributed by atoms with Crippen LogP contribution in [-0.2, 0) is 4.79 Å². The molecular weight excluding hydrogens is 284 g/mol. The van der Waals surface area contributed by atoms with E-state index in [1.165, 1.54) is 0 Å². The van der Waals surface area contributed by atoms with Crippen molar-refractivity contribution in [3.63, 3.8) is 0 Å². The molecule has 0 aromatic heterocycles. The number of hydrogen-bond acceptors (Lipinski definition) is 5. The van der Waals surface area contributed by atoms with Gasteiger partial charge in [0.15, 0.2) is 0 Å². The summed E-state index contributed by atoms with van der Waals surface area (Å²) >= 11 is 1.94. The van der Waals surface area contributed by atoms with Crippen LogP contribution in [0.15, 0.2) is 29.4 Å². The van der Waals surface area contributed by atoms with Crippen LogP contribution in [0.2, 0.25) is 0 Å². The van der Waals surface area contributed by atoms with Crippen LogP contribution in [-0.4, -0.2) is 62.3 Å². The summed E-state index contributed by atoms with van der Waals surface area (Å²) in [6.45, 7) is 2.39. The predicted octanol–water partition coefficient (Wildman–Crippen LogP) is 1.25. The molecule has 21 heavy (non-hydrogen) atoms. The molecule has 1 aromatic carbocycles. The quantitative estimate of drug-likeness (QED) is 0.657.